The van der Waals surface area contributed by atoms with E-state index in [-0.39, 0.29) is 6.54 Å². The molecule has 9 heteroatoms. The van der Waals surface area contributed by atoms with Crippen LogP contribution < -0.4 is 0 Å². The van der Waals surface area contributed by atoms with Gasteiger partial charge in [-0.1, -0.05) is 12.2 Å². The molecule has 1 atom stereocenters. The van der Waals surface area contributed by atoms with Gasteiger partial charge in [0.2, 0.25) is 0 Å². The fourth-order valence-electron chi connectivity index (χ4n) is 0.830. The highest BCUT2D eigenvalue weighted by atomic mass is 31.3. The van der Waals surface area contributed by atoms with Crippen LogP contribution in [0.3, 0.4) is 0 Å². The predicted molar refractivity (Wildman–Crippen MR) is 47.9 cm³/mol. The molecule has 0 saturated heterocycles. The number of hydrogen-bond donors (Lipinski definition) is 3. The summed E-state index contributed by atoms with van der Waals surface area (Å²) < 4.78 is 26.2. The Kier molecular flexibility index (Phi) is 3.32. The summed E-state index contributed by atoms with van der Waals surface area (Å²) in [4.78, 5) is 25.9. The van der Waals surface area contributed by atoms with E-state index in [1.807, 2.05) is 0 Å². The van der Waals surface area contributed by atoms with Crippen molar-refractivity contribution in [3.05, 3.63) is 24.4 Å². The molecule has 0 bridgehead atoms. The summed E-state index contributed by atoms with van der Waals surface area (Å²) >= 11 is 0. The highest BCUT2D eigenvalue weighted by Crippen LogP contribution is 2.59. The fourth-order valence-corrected chi connectivity index (χ4v) is 2.86. The average molecular weight is 241 g/mol. The van der Waals surface area contributed by atoms with E-state index in [9.17, 15) is 9.13 Å². The fraction of sp³-hybridized carbons (Fsp3) is 0.200. The zero-order valence-corrected chi connectivity index (χ0v) is 8.71. The molecule has 1 aliphatic heterocycles. The van der Waals surface area contributed by atoms with Crippen LogP contribution in [0.1, 0.15) is 0 Å². The summed E-state index contributed by atoms with van der Waals surface area (Å²) in [5.41, 5.74) is 0. The molecule has 0 fully saturated rings. The van der Waals surface area contributed by atoms with Crippen molar-refractivity contribution in [1.29, 1.82) is 0 Å². The molecule has 80 valence electrons. The van der Waals surface area contributed by atoms with Crippen molar-refractivity contribution in [2.24, 2.45) is 0 Å². The Bertz CT molecular complexity index is 357. The molecule has 0 saturated carbocycles. The molecule has 0 aliphatic carbocycles. The topological polar surface area (TPSA) is 107 Å². The normalized spacial score (nSPS) is 20.9. The Morgan fingerprint density at radius 2 is 1.86 bits per heavy atom. The van der Waals surface area contributed by atoms with Gasteiger partial charge in [0, 0.05) is 12.7 Å². The third-order valence-corrected chi connectivity index (χ3v) is 3.98. The van der Waals surface area contributed by atoms with Gasteiger partial charge < -0.3 is 14.7 Å². The summed E-state index contributed by atoms with van der Waals surface area (Å²) in [5.74, 6) is 0. The van der Waals surface area contributed by atoms with Crippen molar-refractivity contribution < 1.29 is 28.1 Å². The maximum Gasteiger partial charge on any atom is 0.478 e. The van der Waals surface area contributed by atoms with Gasteiger partial charge in [0.25, 0.3) is 0 Å². The van der Waals surface area contributed by atoms with E-state index in [2.05, 4.69) is 4.31 Å². The monoisotopic (exact) mass is 241 g/mol. The number of rotatable bonds is 3. The van der Waals surface area contributed by atoms with Crippen LogP contribution in [0.25, 0.3) is 0 Å². The van der Waals surface area contributed by atoms with Crippen LogP contribution in [0.4, 0.5) is 0 Å². The quantitative estimate of drug-likeness (QED) is 0.620. The molecule has 0 aromatic carbocycles. The SMILES string of the molecule is O=P(O)(O)OP(=O)(O)N1C=CC=CC1. The number of nitrogens with zero attached hydrogens (tertiary/aromatic N) is 1. The Morgan fingerprint density at radius 3 is 2.29 bits per heavy atom. The van der Waals surface area contributed by atoms with Crippen LogP contribution in [0.2, 0.25) is 0 Å². The smallest absolute Gasteiger partial charge is 0.308 e. The van der Waals surface area contributed by atoms with Crippen molar-refractivity contribution in [3.8, 4) is 0 Å². The summed E-state index contributed by atoms with van der Waals surface area (Å²) in [5, 5.41) is 0. The van der Waals surface area contributed by atoms with Crippen LogP contribution in [-0.2, 0) is 13.4 Å². The van der Waals surface area contributed by atoms with Crippen LogP contribution in [0.5, 0.6) is 0 Å². The van der Waals surface area contributed by atoms with Gasteiger partial charge in [0.1, 0.15) is 0 Å². The summed E-state index contributed by atoms with van der Waals surface area (Å²) in [6, 6.07) is 0. The van der Waals surface area contributed by atoms with Crippen LogP contribution >= 0.6 is 15.6 Å². The molecular weight excluding hydrogens is 232 g/mol. The number of hydrogen-bond acceptors (Lipinski definition) is 3. The predicted octanol–water partition coefficient (Wildman–Crippen LogP) is 0.582. The lowest BCUT2D eigenvalue weighted by molar-refractivity contribution is 0.243. The van der Waals surface area contributed by atoms with E-state index in [1.54, 1.807) is 12.2 Å². The first-order valence-electron chi connectivity index (χ1n) is 3.51. The van der Waals surface area contributed by atoms with Gasteiger partial charge in [-0.3, -0.25) is 4.67 Å². The van der Waals surface area contributed by atoms with Gasteiger partial charge in [-0.2, -0.15) is 4.31 Å². The second kappa shape index (κ2) is 3.98. The maximum absolute atomic E-state index is 11.3. The Hall–Kier alpha value is -0.420. The van der Waals surface area contributed by atoms with Gasteiger partial charge in [-0.05, 0) is 6.08 Å². The van der Waals surface area contributed by atoms with E-state index < -0.39 is 15.6 Å². The van der Waals surface area contributed by atoms with E-state index in [0.29, 0.717) is 0 Å². The maximum atomic E-state index is 11.3. The largest absolute Gasteiger partial charge is 0.478 e. The lowest BCUT2D eigenvalue weighted by atomic mass is 10.4. The minimum absolute atomic E-state index is 0.0598. The van der Waals surface area contributed by atoms with Crippen molar-refractivity contribution in [1.82, 2.24) is 4.67 Å². The van der Waals surface area contributed by atoms with Crippen molar-refractivity contribution in [2.45, 2.75) is 0 Å². The van der Waals surface area contributed by atoms with Crippen LogP contribution in [0, 0.1) is 0 Å². The van der Waals surface area contributed by atoms with Crippen LogP contribution in [-0.4, -0.2) is 25.9 Å². The van der Waals surface area contributed by atoms with Gasteiger partial charge in [0.15, 0.2) is 0 Å². The Labute approximate surface area is 80.1 Å². The van der Waals surface area contributed by atoms with E-state index in [0.717, 1.165) is 4.67 Å². The molecule has 1 heterocycles. The molecule has 1 aliphatic rings. The lowest BCUT2D eigenvalue weighted by Crippen LogP contribution is -2.16. The standard InChI is InChI=1S/C5H9NO6P2/c7-13(8,12-14(9,10)11)6-4-2-1-3-5-6/h1-4H,5H2,(H,7,8)(H2,9,10,11). The van der Waals surface area contributed by atoms with Gasteiger partial charge in [-0.15, -0.1) is 0 Å². The minimum Gasteiger partial charge on any atom is -0.308 e. The molecular formula is C5H9NO6P2. The highest BCUT2D eigenvalue weighted by Gasteiger charge is 2.35. The average Bonchev–Trinajstić information content (AvgIpc) is 2.01. The van der Waals surface area contributed by atoms with E-state index in [1.165, 1.54) is 12.3 Å². The first kappa shape index (κ1) is 11.7. The van der Waals surface area contributed by atoms with Crippen molar-refractivity contribution in [3.63, 3.8) is 0 Å². The number of allylic oxidation sites excluding steroid dienone is 2. The minimum atomic E-state index is -4.97. The molecule has 0 spiro atoms. The molecule has 1 unspecified atom stereocenters. The van der Waals surface area contributed by atoms with Gasteiger partial charge in [-0.25, -0.2) is 9.13 Å². The lowest BCUT2D eigenvalue weighted by Gasteiger charge is -2.24. The zero-order chi connectivity index (χ0) is 10.8. The first-order chi connectivity index (χ1) is 6.31. The van der Waals surface area contributed by atoms with Crippen molar-refractivity contribution >= 4 is 15.6 Å². The number of phosphoric acid groups is 1. The van der Waals surface area contributed by atoms with Crippen LogP contribution in [0.15, 0.2) is 24.4 Å². The molecule has 0 radical (unpaired) electrons. The Morgan fingerprint density at radius 1 is 1.21 bits per heavy atom. The molecule has 0 aromatic rings. The zero-order valence-electron chi connectivity index (χ0n) is 6.92. The molecule has 3 N–H and O–H groups in total. The molecule has 14 heavy (non-hydrogen) atoms. The second-order valence-electron chi connectivity index (χ2n) is 2.45. The second-order valence-corrected chi connectivity index (χ2v) is 5.58. The molecule has 1 rings (SSSR count). The Balaban J connectivity index is 2.75. The summed E-state index contributed by atoms with van der Waals surface area (Å²) in [6.45, 7) is 0.0598. The van der Waals surface area contributed by atoms with Crippen molar-refractivity contribution in [2.75, 3.05) is 6.54 Å². The molecule has 0 amide bonds. The van der Waals surface area contributed by atoms with Gasteiger partial charge in [0.05, 0.1) is 0 Å². The third kappa shape index (κ3) is 3.38. The molecule has 0 aromatic heterocycles. The van der Waals surface area contributed by atoms with E-state index >= 15 is 0 Å². The first-order valence-corrected chi connectivity index (χ1v) is 6.57. The van der Waals surface area contributed by atoms with Gasteiger partial charge >= 0.3 is 15.6 Å². The summed E-state index contributed by atoms with van der Waals surface area (Å²) in [6.07, 6.45) is 5.85. The summed E-state index contributed by atoms with van der Waals surface area (Å²) in [7, 11) is -9.42. The highest BCUT2D eigenvalue weighted by molar-refractivity contribution is 7.62. The third-order valence-electron chi connectivity index (χ3n) is 1.34. The van der Waals surface area contributed by atoms with E-state index in [4.69, 9.17) is 14.7 Å². The molecule has 7 nitrogen and oxygen atoms in total.